The van der Waals surface area contributed by atoms with Crippen molar-refractivity contribution in [3.05, 3.63) is 29.3 Å². The van der Waals surface area contributed by atoms with Gasteiger partial charge in [-0.3, -0.25) is 9.69 Å². The molecule has 2 fully saturated rings. The highest BCUT2D eigenvalue weighted by Crippen LogP contribution is 2.25. The Morgan fingerprint density at radius 3 is 2.67 bits per heavy atom. The fraction of sp³-hybridized carbons (Fsp3) is 0.632. The van der Waals surface area contributed by atoms with Gasteiger partial charge in [-0.15, -0.1) is 0 Å². The first-order chi connectivity index (χ1) is 11.7. The summed E-state index contributed by atoms with van der Waals surface area (Å²) in [6.07, 6.45) is 3.89. The zero-order valence-corrected chi connectivity index (χ0v) is 14.5. The first kappa shape index (κ1) is 17.2. The van der Waals surface area contributed by atoms with Crippen molar-refractivity contribution < 1.29 is 14.6 Å². The summed E-state index contributed by atoms with van der Waals surface area (Å²) in [6.45, 7) is 6.44. The van der Waals surface area contributed by atoms with E-state index in [1.54, 1.807) is 0 Å². The Bertz CT molecular complexity index is 568. The molecule has 0 bridgehead atoms. The van der Waals surface area contributed by atoms with Crippen LogP contribution in [0.3, 0.4) is 0 Å². The van der Waals surface area contributed by atoms with E-state index in [1.165, 1.54) is 5.56 Å². The van der Waals surface area contributed by atoms with Gasteiger partial charge in [0.25, 0.3) is 0 Å². The second-order valence-electron chi connectivity index (χ2n) is 6.73. The summed E-state index contributed by atoms with van der Waals surface area (Å²) in [7, 11) is 0. The van der Waals surface area contributed by atoms with Gasteiger partial charge in [0.05, 0.1) is 13.2 Å². The Balaban J connectivity index is 1.55. The van der Waals surface area contributed by atoms with Crippen molar-refractivity contribution in [2.24, 2.45) is 0 Å². The third-order valence-corrected chi connectivity index (χ3v) is 5.11. The molecule has 2 heterocycles. The van der Waals surface area contributed by atoms with Crippen molar-refractivity contribution >= 4 is 5.91 Å². The van der Waals surface area contributed by atoms with Crippen LogP contribution in [0.4, 0.5) is 0 Å². The Kier molecular flexibility index (Phi) is 5.74. The molecule has 0 radical (unpaired) electrons. The molecule has 3 rings (SSSR count). The van der Waals surface area contributed by atoms with E-state index in [2.05, 4.69) is 15.9 Å². The summed E-state index contributed by atoms with van der Waals surface area (Å²) >= 11 is 0. The van der Waals surface area contributed by atoms with Gasteiger partial charge in [-0.25, -0.2) is 0 Å². The standard InChI is InChI=1S/C19H28N2O3/c1-2-24-18-6-5-15(12-16(18)14-22)13-20-10-7-17(8-11-20)21-9-3-4-19(21)23/h5-6,12,17,22H,2-4,7-11,13-14H2,1H3. The van der Waals surface area contributed by atoms with E-state index in [0.29, 0.717) is 18.6 Å². The van der Waals surface area contributed by atoms with Crippen LogP contribution in [0.5, 0.6) is 5.75 Å². The minimum Gasteiger partial charge on any atom is -0.494 e. The zero-order chi connectivity index (χ0) is 16.9. The van der Waals surface area contributed by atoms with Crippen LogP contribution in [-0.4, -0.2) is 53.1 Å². The number of piperidine rings is 1. The van der Waals surface area contributed by atoms with Gasteiger partial charge in [-0.05, 0) is 43.9 Å². The quantitative estimate of drug-likeness (QED) is 0.867. The molecule has 0 aromatic heterocycles. The first-order valence-electron chi connectivity index (χ1n) is 9.08. The predicted molar refractivity (Wildman–Crippen MR) is 92.8 cm³/mol. The zero-order valence-electron chi connectivity index (χ0n) is 14.5. The molecule has 2 aliphatic heterocycles. The first-order valence-corrected chi connectivity index (χ1v) is 9.08. The number of aliphatic hydroxyl groups is 1. The molecule has 0 aliphatic carbocycles. The third-order valence-electron chi connectivity index (χ3n) is 5.11. The van der Waals surface area contributed by atoms with Crippen molar-refractivity contribution in [2.45, 2.75) is 51.8 Å². The second kappa shape index (κ2) is 7.99. The Labute approximate surface area is 144 Å². The van der Waals surface area contributed by atoms with Gasteiger partial charge in [0.15, 0.2) is 0 Å². The number of benzene rings is 1. The van der Waals surface area contributed by atoms with E-state index >= 15 is 0 Å². The van der Waals surface area contributed by atoms with Gasteiger partial charge in [-0.1, -0.05) is 6.07 Å². The Morgan fingerprint density at radius 1 is 1.25 bits per heavy atom. The molecule has 1 N–H and O–H groups in total. The van der Waals surface area contributed by atoms with Crippen molar-refractivity contribution in [1.82, 2.24) is 9.80 Å². The van der Waals surface area contributed by atoms with Crippen LogP contribution in [0.15, 0.2) is 18.2 Å². The van der Waals surface area contributed by atoms with Crippen LogP contribution in [0.25, 0.3) is 0 Å². The van der Waals surface area contributed by atoms with Crippen LogP contribution in [-0.2, 0) is 17.9 Å². The summed E-state index contributed by atoms with van der Waals surface area (Å²) in [5.41, 5.74) is 2.06. The molecule has 0 spiro atoms. The molecule has 24 heavy (non-hydrogen) atoms. The SMILES string of the molecule is CCOc1ccc(CN2CCC(N3CCCC3=O)CC2)cc1CO. The van der Waals surface area contributed by atoms with Crippen molar-refractivity contribution in [1.29, 1.82) is 0 Å². The summed E-state index contributed by atoms with van der Waals surface area (Å²) in [5.74, 6) is 1.11. The number of amides is 1. The number of hydrogen-bond acceptors (Lipinski definition) is 4. The van der Waals surface area contributed by atoms with E-state index in [0.717, 1.165) is 63.2 Å². The van der Waals surface area contributed by atoms with Gasteiger partial charge in [-0.2, -0.15) is 0 Å². The average molecular weight is 332 g/mol. The van der Waals surface area contributed by atoms with Crippen LogP contribution >= 0.6 is 0 Å². The van der Waals surface area contributed by atoms with Gasteiger partial charge >= 0.3 is 0 Å². The smallest absolute Gasteiger partial charge is 0.222 e. The molecule has 1 aromatic carbocycles. The van der Waals surface area contributed by atoms with Crippen molar-refractivity contribution in [3.8, 4) is 5.75 Å². The van der Waals surface area contributed by atoms with Gasteiger partial charge in [0.2, 0.25) is 5.91 Å². The molecule has 0 atom stereocenters. The van der Waals surface area contributed by atoms with Gasteiger partial charge in [0, 0.05) is 44.2 Å². The fourth-order valence-corrected chi connectivity index (χ4v) is 3.85. The summed E-state index contributed by atoms with van der Waals surface area (Å²) in [6, 6.07) is 6.52. The minimum atomic E-state index is 0.00230. The molecule has 0 saturated carbocycles. The van der Waals surface area contributed by atoms with Crippen LogP contribution in [0, 0.1) is 0 Å². The molecule has 0 unspecified atom stereocenters. The lowest BCUT2D eigenvalue weighted by molar-refractivity contribution is -0.130. The number of carbonyl (C=O) groups excluding carboxylic acids is 1. The lowest BCUT2D eigenvalue weighted by Gasteiger charge is -2.36. The van der Waals surface area contributed by atoms with Crippen molar-refractivity contribution in [3.63, 3.8) is 0 Å². The monoisotopic (exact) mass is 332 g/mol. The lowest BCUT2D eigenvalue weighted by Crippen LogP contribution is -2.45. The minimum absolute atomic E-state index is 0.00230. The number of ether oxygens (including phenoxy) is 1. The lowest BCUT2D eigenvalue weighted by atomic mass is 10.0. The molecule has 1 amide bonds. The maximum atomic E-state index is 11.9. The Morgan fingerprint density at radius 2 is 2.04 bits per heavy atom. The topological polar surface area (TPSA) is 53.0 Å². The number of rotatable bonds is 6. The van der Waals surface area contributed by atoms with E-state index < -0.39 is 0 Å². The maximum absolute atomic E-state index is 11.9. The van der Waals surface area contributed by atoms with Crippen LogP contribution < -0.4 is 4.74 Å². The predicted octanol–water partition coefficient (Wildman–Crippen LogP) is 2.16. The fourth-order valence-electron chi connectivity index (χ4n) is 3.85. The van der Waals surface area contributed by atoms with E-state index in [4.69, 9.17) is 4.74 Å². The average Bonchev–Trinajstić information content (AvgIpc) is 3.03. The highest BCUT2D eigenvalue weighted by Gasteiger charge is 2.30. The highest BCUT2D eigenvalue weighted by atomic mass is 16.5. The molecule has 2 saturated heterocycles. The highest BCUT2D eigenvalue weighted by molar-refractivity contribution is 5.78. The summed E-state index contributed by atoms with van der Waals surface area (Å²) in [4.78, 5) is 16.4. The van der Waals surface area contributed by atoms with E-state index in [1.807, 2.05) is 19.1 Å². The number of likely N-dealkylation sites (tertiary alicyclic amines) is 2. The van der Waals surface area contributed by atoms with Crippen molar-refractivity contribution in [2.75, 3.05) is 26.2 Å². The molecular formula is C19H28N2O3. The van der Waals surface area contributed by atoms with E-state index in [9.17, 15) is 9.90 Å². The normalized spacial score (nSPS) is 19.9. The molecule has 132 valence electrons. The Hall–Kier alpha value is -1.59. The van der Waals surface area contributed by atoms with Crippen LogP contribution in [0.1, 0.15) is 43.7 Å². The van der Waals surface area contributed by atoms with Gasteiger partial charge < -0.3 is 14.7 Å². The van der Waals surface area contributed by atoms with E-state index in [-0.39, 0.29) is 6.61 Å². The molecular weight excluding hydrogens is 304 g/mol. The summed E-state index contributed by atoms with van der Waals surface area (Å²) < 4.78 is 5.54. The number of aliphatic hydroxyl groups excluding tert-OH is 1. The maximum Gasteiger partial charge on any atom is 0.222 e. The molecule has 2 aliphatic rings. The molecule has 5 nitrogen and oxygen atoms in total. The third kappa shape index (κ3) is 3.90. The molecule has 1 aromatic rings. The van der Waals surface area contributed by atoms with Gasteiger partial charge in [0.1, 0.15) is 5.75 Å². The second-order valence-corrected chi connectivity index (χ2v) is 6.73. The number of carbonyl (C=O) groups is 1. The summed E-state index contributed by atoms with van der Waals surface area (Å²) in [5, 5.41) is 9.53. The largest absolute Gasteiger partial charge is 0.494 e. The number of hydrogen-bond donors (Lipinski definition) is 1. The molecule has 5 heteroatoms. The van der Waals surface area contributed by atoms with Crippen LogP contribution in [0.2, 0.25) is 0 Å². The number of nitrogens with zero attached hydrogens (tertiary/aromatic N) is 2.